The molecule has 0 aromatic carbocycles. The molecule has 2 unspecified atom stereocenters. The van der Waals surface area contributed by atoms with E-state index < -0.39 is 12.1 Å². The van der Waals surface area contributed by atoms with Crippen LogP contribution in [0.3, 0.4) is 0 Å². The molecule has 0 aliphatic rings. The van der Waals surface area contributed by atoms with Crippen LogP contribution in [0, 0.1) is 0 Å². The quantitative estimate of drug-likeness (QED) is 0.0320. The predicted octanol–water partition coefficient (Wildman–Crippen LogP) is 20.8. The molecular weight excluding hydrogens is 899 g/mol. The molecule has 3 N–H and O–H groups in total. The number of ether oxygens (including phenoxy) is 1. The van der Waals surface area contributed by atoms with Crippen molar-refractivity contribution in [3.63, 3.8) is 0 Å². The Kier molecular flexibility index (Phi) is 61.0. The number of carbonyl (C=O) groups is 2. The molecule has 1 amide bonds. The molecule has 0 aromatic heterocycles. The molecular formula is C67H127NO5. The van der Waals surface area contributed by atoms with Gasteiger partial charge in [-0.25, -0.2) is 0 Å². The molecule has 0 heterocycles. The summed E-state index contributed by atoms with van der Waals surface area (Å²) in [5.41, 5.74) is 0. The van der Waals surface area contributed by atoms with Gasteiger partial charge in [-0.2, -0.15) is 0 Å². The number of carbonyl (C=O) groups excluding carboxylic acids is 2. The maximum Gasteiger partial charge on any atom is 0.305 e. The molecule has 430 valence electrons. The SMILES string of the molecule is CCCCCCCC/C=C\CCCCCCCC(=O)OCCCCCCCCCCC/C=C\C/C=C\CCCCCCCCCCCC(=O)NC(CO)C(O)CCCCCCCCCCCCCCCCCC. The molecule has 2 atom stereocenters. The van der Waals surface area contributed by atoms with Gasteiger partial charge in [-0.1, -0.05) is 294 Å². The predicted molar refractivity (Wildman–Crippen MR) is 319 cm³/mol. The normalized spacial score (nSPS) is 12.8. The van der Waals surface area contributed by atoms with E-state index >= 15 is 0 Å². The van der Waals surface area contributed by atoms with E-state index in [0.29, 0.717) is 25.9 Å². The summed E-state index contributed by atoms with van der Waals surface area (Å²) >= 11 is 0. The Bertz CT molecular complexity index is 1180. The molecule has 6 heteroatoms. The zero-order valence-electron chi connectivity index (χ0n) is 49.1. The van der Waals surface area contributed by atoms with E-state index in [-0.39, 0.29) is 18.5 Å². The van der Waals surface area contributed by atoms with Crippen LogP contribution in [0.1, 0.15) is 354 Å². The molecule has 0 aliphatic heterocycles. The first-order chi connectivity index (χ1) is 36.0. The van der Waals surface area contributed by atoms with Gasteiger partial charge in [-0.15, -0.1) is 0 Å². The van der Waals surface area contributed by atoms with Crippen molar-refractivity contribution in [3.05, 3.63) is 36.5 Å². The van der Waals surface area contributed by atoms with Crippen LogP contribution in [0.15, 0.2) is 36.5 Å². The summed E-state index contributed by atoms with van der Waals surface area (Å²) < 4.78 is 5.48. The van der Waals surface area contributed by atoms with Gasteiger partial charge in [0.05, 0.1) is 25.4 Å². The first-order valence-corrected chi connectivity index (χ1v) is 32.7. The highest BCUT2D eigenvalue weighted by Crippen LogP contribution is 2.18. The fourth-order valence-electron chi connectivity index (χ4n) is 10.1. The highest BCUT2D eigenvalue weighted by atomic mass is 16.5. The Morgan fingerprint density at radius 2 is 0.685 bits per heavy atom. The third kappa shape index (κ3) is 59.2. The lowest BCUT2D eigenvalue weighted by Gasteiger charge is -2.22. The number of allylic oxidation sites excluding steroid dienone is 6. The smallest absolute Gasteiger partial charge is 0.305 e. The van der Waals surface area contributed by atoms with Gasteiger partial charge in [0, 0.05) is 12.8 Å². The first-order valence-electron chi connectivity index (χ1n) is 32.7. The fourth-order valence-corrected chi connectivity index (χ4v) is 10.1. The second-order valence-corrected chi connectivity index (χ2v) is 22.4. The number of unbranched alkanes of at least 4 members (excludes halogenated alkanes) is 44. The van der Waals surface area contributed by atoms with Crippen molar-refractivity contribution >= 4 is 11.9 Å². The van der Waals surface area contributed by atoms with Crippen molar-refractivity contribution in [3.8, 4) is 0 Å². The summed E-state index contributed by atoms with van der Waals surface area (Å²) in [4.78, 5) is 24.6. The van der Waals surface area contributed by atoms with E-state index in [2.05, 4.69) is 55.6 Å². The lowest BCUT2D eigenvalue weighted by molar-refractivity contribution is -0.143. The van der Waals surface area contributed by atoms with E-state index in [1.807, 2.05) is 0 Å². The van der Waals surface area contributed by atoms with Gasteiger partial charge in [0.25, 0.3) is 0 Å². The molecule has 0 saturated carbocycles. The Hall–Kier alpha value is -1.92. The Morgan fingerprint density at radius 1 is 0.384 bits per heavy atom. The van der Waals surface area contributed by atoms with E-state index in [1.165, 1.54) is 270 Å². The molecule has 0 rings (SSSR count). The minimum absolute atomic E-state index is 0.00131. The van der Waals surface area contributed by atoms with Crippen LogP contribution in [-0.2, 0) is 14.3 Å². The topological polar surface area (TPSA) is 95.9 Å². The Labute approximate surface area is 455 Å². The number of aliphatic hydroxyl groups excluding tert-OH is 2. The Morgan fingerprint density at radius 3 is 1.05 bits per heavy atom. The van der Waals surface area contributed by atoms with Gasteiger partial charge >= 0.3 is 5.97 Å². The van der Waals surface area contributed by atoms with E-state index in [0.717, 1.165) is 51.4 Å². The van der Waals surface area contributed by atoms with Gasteiger partial charge in [0.2, 0.25) is 5.91 Å². The number of aliphatic hydroxyl groups is 2. The minimum atomic E-state index is -0.669. The van der Waals surface area contributed by atoms with E-state index in [1.54, 1.807) is 0 Å². The fraction of sp³-hybridized carbons (Fsp3) is 0.881. The summed E-state index contributed by atoms with van der Waals surface area (Å²) in [6.45, 7) is 4.96. The second kappa shape index (κ2) is 62.6. The van der Waals surface area contributed by atoms with Crippen LogP contribution in [0.5, 0.6) is 0 Å². The van der Waals surface area contributed by atoms with Crippen molar-refractivity contribution in [1.82, 2.24) is 5.32 Å². The summed E-state index contributed by atoms with van der Waals surface area (Å²) in [5.74, 6) is -0.0378. The molecule has 0 spiro atoms. The molecule has 0 aromatic rings. The van der Waals surface area contributed by atoms with Crippen LogP contribution in [0.2, 0.25) is 0 Å². The van der Waals surface area contributed by atoms with Gasteiger partial charge < -0.3 is 20.3 Å². The average molecular weight is 1030 g/mol. The van der Waals surface area contributed by atoms with Gasteiger partial charge in [0.15, 0.2) is 0 Å². The Balaban J connectivity index is 3.43. The van der Waals surface area contributed by atoms with Crippen molar-refractivity contribution in [2.24, 2.45) is 0 Å². The molecule has 73 heavy (non-hydrogen) atoms. The van der Waals surface area contributed by atoms with Crippen molar-refractivity contribution < 1.29 is 24.5 Å². The average Bonchev–Trinajstić information content (AvgIpc) is 3.39. The van der Waals surface area contributed by atoms with Gasteiger partial charge in [-0.05, 0) is 83.5 Å². The molecule has 0 aliphatic carbocycles. The summed E-state index contributed by atoms with van der Waals surface area (Å²) in [7, 11) is 0. The lowest BCUT2D eigenvalue weighted by Crippen LogP contribution is -2.45. The van der Waals surface area contributed by atoms with Crippen molar-refractivity contribution in [2.45, 2.75) is 366 Å². The number of rotatable bonds is 61. The number of hydrogen-bond acceptors (Lipinski definition) is 5. The molecule has 0 bridgehead atoms. The maximum atomic E-state index is 12.5. The van der Waals surface area contributed by atoms with Crippen LogP contribution in [-0.4, -0.2) is 47.4 Å². The first kappa shape index (κ1) is 71.1. The minimum Gasteiger partial charge on any atom is -0.466 e. The van der Waals surface area contributed by atoms with E-state index in [9.17, 15) is 19.8 Å². The highest BCUT2D eigenvalue weighted by Gasteiger charge is 2.20. The highest BCUT2D eigenvalue weighted by molar-refractivity contribution is 5.76. The number of amides is 1. The summed E-state index contributed by atoms with van der Waals surface area (Å²) in [6, 6.07) is -0.546. The van der Waals surface area contributed by atoms with Gasteiger partial charge in [-0.3, -0.25) is 9.59 Å². The van der Waals surface area contributed by atoms with Crippen LogP contribution >= 0.6 is 0 Å². The molecule has 0 fully saturated rings. The zero-order valence-corrected chi connectivity index (χ0v) is 49.1. The van der Waals surface area contributed by atoms with Crippen molar-refractivity contribution in [1.29, 1.82) is 0 Å². The molecule has 6 nitrogen and oxygen atoms in total. The summed E-state index contributed by atoms with van der Waals surface area (Å²) in [5, 5.41) is 23.3. The number of esters is 1. The number of nitrogens with one attached hydrogen (secondary N) is 1. The molecule has 0 radical (unpaired) electrons. The summed E-state index contributed by atoms with van der Waals surface area (Å²) in [6.07, 6.45) is 78.8. The maximum absolute atomic E-state index is 12.5. The van der Waals surface area contributed by atoms with Crippen LogP contribution < -0.4 is 5.32 Å². The standard InChI is InChI=1S/C67H127NO5/c1-3-5-7-9-11-13-15-17-19-32-35-39-43-47-51-55-59-65(70)64(63-69)68-66(71)60-56-52-48-44-40-36-33-29-27-25-23-21-20-22-24-26-28-30-34-38-42-46-50-54-58-62-73-67(72)61-57-53-49-45-41-37-31-18-16-14-12-10-8-6-4-2/h18,21-24,31,64-65,69-70H,3-17,19-20,25-30,32-63H2,1-2H3,(H,68,71)/b23-21-,24-22-,31-18-. The van der Waals surface area contributed by atoms with Crippen molar-refractivity contribution in [2.75, 3.05) is 13.2 Å². The number of hydrogen-bond donors (Lipinski definition) is 3. The third-order valence-corrected chi connectivity index (χ3v) is 15.2. The monoisotopic (exact) mass is 1030 g/mol. The van der Waals surface area contributed by atoms with Crippen LogP contribution in [0.4, 0.5) is 0 Å². The van der Waals surface area contributed by atoms with Gasteiger partial charge in [0.1, 0.15) is 0 Å². The lowest BCUT2D eigenvalue weighted by atomic mass is 10.0. The van der Waals surface area contributed by atoms with E-state index in [4.69, 9.17) is 4.74 Å². The van der Waals surface area contributed by atoms with Crippen LogP contribution in [0.25, 0.3) is 0 Å². The third-order valence-electron chi connectivity index (χ3n) is 15.2. The largest absolute Gasteiger partial charge is 0.466 e. The molecule has 0 saturated heterocycles. The zero-order chi connectivity index (χ0) is 52.9. The second-order valence-electron chi connectivity index (χ2n) is 22.4.